The lowest BCUT2D eigenvalue weighted by Gasteiger charge is -2.17. The average molecular weight is 313 g/mol. The molecular weight excluding hydrogens is 294 g/mol. The van der Waals surface area contributed by atoms with Gasteiger partial charge in [-0.15, -0.1) is 0 Å². The van der Waals surface area contributed by atoms with Crippen molar-refractivity contribution in [3.63, 3.8) is 0 Å². The van der Waals surface area contributed by atoms with E-state index in [0.29, 0.717) is 5.57 Å². The lowest BCUT2D eigenvalue weighted by atomic mass is 10.2. The quantitative estimate of drug-likeness (QED) is 0.398. The van der Waals surface area contributed by atoms with Crippen LogP contribution in [0.2, 0.25) is 0 Å². The Kier molecular flexibility index (Phi) is 7.15. The minimum atomic E-state index is -3.46. The van der Waals surface area contributed by atoms with E-state index in [1.807, 2.05) is 0 Å². The minimum Gasteiger partial charge on any atom is -0.345 e. The van der Waals surface area contributed by atoms with Gasteiger partial charge in [-0.25, -0.2) is 8.42 Å². The molecule has 116 valence electrons. The van der Waals surface area contributed by atoms with Crippen molar-refractivity contribution in [1.29, 1.82) is 0 Å². The largest absolute Gasteiger partial charge is 0.345 e. The minimum absolute atomic E-state index is 0.0745. The van der Waals surface area contributed by atoms with E-state index in [1.54, 1.807) is 0 Å². The van der Waals surface area contributed by atoms with Crippen LogP contribution < -0.4 is 4.72 Å². The lowest BCUT2D eigenvalue weighted by molar-refractivity contribution is -0.425. The summed E-state index contributed by atoms with van der Waals surface area (Å²) in [6.45, 7) is 12.2. The number of sulfonamides is 1. The van der Waals surface area contributed by atoms with Crippen molar-refractivity contribution in [2.75, 3.05) is 12.8 Å². The first-order valence-electron chi connectivity index (χ1n) is 5.81. The number of hydrogen-bond acceptors (Lipinski definition) is 5. The Bertz CT molecular complexity index is 603. The van der Waals surface area contributed by atoms with Crippen LogP contribution in [0, 0.1) is 10.1 Å². The summed E-state index contributed by atoms with van der Waals surface area (Å²) < 4.78 is 24.9. The average Bonchev–Trinajstić information content (AvgIpc) is 2.39. The Balaban J connectivity index is 5.49. The molecule has 0 aromatic rings. The van der Waals surface area contributed by atoms with Crippen LogP contribution in [0.5, 0.6) is 0 Å². The van der Waals surface area contributed by atoms with Gasteiger partial charge in [0.1, 0.15) is 0 Å². The zero-order valence-corrected chi connectivity index (χ0v) is 12.9. The van der Waals surface area contributed by atoms with E-state index in [1.165, 1.54) is 36.4 Å². The predicted octanol–water partition coefficient (Wildman–Crippen LogP) is 1.75. The molecule has 0 unspecified atom stereocenters. The molecule has 21 heavy (non-hydrogen) atoms. The van der Waals surface area contributed by atoms with Crippen molar-refractivity contribution < 1.29 is 13.3 Å². The Morgan fingerprint density at radius 2 is 1.90 bits per heavy atom. The van der Waals surface area contributed by atoms with Gasteiger partial charge in [0, 0.05) is 13.5 Å². The van der Waals surface area contributed by atoms with Gasteiger partial charge in [-0.05, 0) is 17.8 Å². The second-order valence-corrected chi connectivity index (χ2v) is 5.85. The molecule has 0 saturated carbocycles. The summed E-state index contributed by atoms with van der Waals surface area (Å²) in [5.74, 6) is 0. The highest BCUT2D eigenvalue weighted by Crippen LogP contribution is 2.10. The van der Waals surface area contributed by atoms with Crippen LogP contribution in [0.3, 0.4) is 0 Å². The van der Waals surface area contributed by atoms with Gasteiger partial charge in [0.05, 0.1) is 23.1 Å². The molecule has 0 aliphatic carbocycles. The smallest absolute Gasteiger partial charge is 0.259 e. The van der Waals surface area contributed by atoms with Crippen LogP contribution >= 0.6 is 0 Å². The second-order valence-electron chi connectivity index (χ2n) is 4.10. The molecule has 0 atom stereocenters. The molecule has 0 heterocycles. The molecule has 0 saturated heterocycles. The van der Waals surface area contributed by atoms with Gasteiger partial charge < -0.3 is 4.90 Å². The zero-order valence-electron chi connectivity index (χ0n) is 12.1. The fraction of sp³-hybridized carbons (Fsp3) is 0.231. The summed E-state index contributed by atoms with van der Waals surface area (Å²) in [4.78, 5) is 11.5. The van der Waals surface area contributed by atoms with Crippen LogP contribution in [0.1, 0.15) is 6.92 Å². The highest BCUT2D eigenvalue weighted by Gasteiger charge is 2.10. The van der Waals surface area contributed by atoms with E-state index >= 15 is 0 Å². The summed E-state index contributed by atoms with van der Waals surface area (Å²) in [5.41, 5.74) is 0.684. The maximum atomic E-state index is 11.3. The molecule has 0 spiro atoms. The van der Waals surface area contributed by atoms with E-state index in [2.05, 4.69) is 24.5 Å². The van der Waals surface area contributed by atoms with Crippen molar-refractivity contribution in [2.24, 2.45) is 0 Å². The zero-order chi connectivity index (χ0) is 16.6. The summed E-state index contributed by atoms with van der Waals surface area (Å²) in [7, 11) is -3.46. The van der Waals surface area contributed by atoms with E-state index in [9.17, 15) is 18.5 Å². The monoisotopic (exact) mass is 313 g/mol. The highest BCUT2D eigenvalue weighted by atomic mass is 32.2. The fourth-order valence-electron chi connectivity index (χ4n) is 1.34. The molecule has 0 aliphatic rings. The van der Waals surface area contributed by atoms with Crippen LogP contribution in [0.4, 0.5) is 0 Å². The van der Waals surface area contributed by atoms with Crippen LogP contribution in [-0.2, 0) is 10.0 Å². The lowest BCUT2D eigenvalue weighted by Crippen LogP contribution is -2.24. The number of rotatable bonds is 9. The molecule has 0 amide bonds. The Labute approximate surface area is 124 Å². The van der Waals surface area contributed by atoms with Gasteiger partial charge in [0.25, 0.3) is 5.70 Å². The Morgan fingerprint density at radius 1 is 1.33 bits per heavy atom. The molecule has 0 rings (SSSR count). The number of hydrogen-bond donors (Lipinski definition) is 1. The third kappa shape index (κ3) is 7.11. The third-order valence-corrected chi connectivity index (χ3v) is 2.91. The van der Waals surface area contributed by atoms with Gasteiger partial charge >= 0.3 is 0 Å². The van der Waals surface area contributed by atoms with E-state index in [0.717, 1.165) is 6.26 Å². The van der Waals surface area contributed by atoms with Gasteiger partial charge in [-0.1, -0.05) is 25.8 Å². The van der Waals surface area contributed by atoms with Gasteiger partial charge in [0.15, 0.2) is 0 Å². The second kappa shape index (κ2) is 8.05. The number of nitrogens with zero attached hydrogens (tertiary/aromatic N) is 2. The van der Waals surface area contributed by atoms with Gasteiger partial charge in [0.2, 0.25) is 10.0 Å². The topological polar surface area (TPSA) is 92.5 Å². The van der Waals surface area contributed by atoms with Crippen molar-refractivity contribution in [1.82, 2.24) is 9.62 Å². The molecule has 0 radical (unpaired) electrons. The SMILES string of the molecule is C=C/C(CN(C=C)/C=C(\C)[N+](=O)[O-])=C(\C=C)NS(C)(=O)=O. The van der Waals surface area contributed by atoms with Gasteiger partial charge in [-0.3, -0.25) is 14.8 Å². The molecule has 0 aromatic heterocycles. The van der Waals surface area contributed by atoms with Crippen LogP contribution in [-0.4, -0.2) is 31.0 Å². The van der Waals surface area contributed by atoms with E-state index in [-0.39, 0.29) is 17.9 Å². The van der Waals surface area contributed by atoms with E-state index in [4.69, 9.17) is 0 Å². The van der Waals surface area contributed by atoms with Crippen molar-refractivity contribution in [3.05, 3.63) is 71.4 Å². The molecule has 1 N–H and O–H groups in total. The molecule has 7 nitrogen and oxygen atoms in total. The van der Waals surface area contributed by atoms with Crippen molar-refractivity contribution >= 4 is 10.0 Å². The van der Waals surface area contributed by atoms with Crippen LogP contribution in [0.25, 0.3) is 0 Å². The maximum absolute atomic E-state index is 11.3. The molecule has 0 aromatic carbocycles. The Hall–Kier alpha value is -2.35. The first kappa shape index (κ1) is 18.7. The summed E-state index contributed by atoms with van der Waals surface area (Å²) >= 11 is 0. The van der Waals surface area contributed by atoms with Gasteiger partial charge in [-0.2, -0.15) is 0 Å². The first-order valence-corrected chi connectivity index (χ1v) is 7.70. The summed E-state index contributed by atoms with van der Waals surface area (Å²) in [5, 5.41) is 10.6. The highest BCUT2D eigenvalue weighted by molar-refractivity contribution is 7.88. The molecule has 0 aliphatic heterocycles. The number of nitro groups is 1. The first-order chi connectivity index (χ1) is 9.64. The van der Waals surface area contributed by atoms with Crippen molar-refractivity contribution in [2.45, 2.75) is 6.92 Å². The summed E-state index contributed by atoms with van der Waals surface area (Å²) in [6, 6.07) is 0. The number of allylic oxidation sites excluding steroid dienone is 2. The molecule has 8 heteroatoms. The van der Waals surface area contributed by atoms with Crippen LogP contribution in [0.15, 0.2) is 61.3 Å². The van der Waals surface area contributed by atoms with Crippen molar-refractivity contribution in [3.8, 4) is 0 Å². The molecule has 0 fully saturated rings. The maximum Gasteiger partial charge on any atom is 0.259 e. The Morgan fingerprint density at radius 3 is 2.24 bits per heavy atom. The molecular formula is C13H19N3O4S. The molecule has 0 bridgehead atoms. The predicted molar refractivity (Wildman–Crippen MR) is 83.1 cm³/mol. The summed E-state index contributed by atoms with van der Waals surface area (Å²) in [6.07, 6.45) is 6.47. The normalized spacial score (nSPS) is 13.0. The standard InChI is InChI=1S/C13H19N3O4S/c1-6-12(13(7-2)14-21(5,19)20)10-15(8-3)9-11(4)16(17)18/h6-9,14H,1-3,10H2,4-5H3/b11-9+,13-12-. The number of nitrogens with one attached hydrogen (secondary N) is 1. The third-order valence-electron chi connectivity index (χ3n) is 2.32. The van der Waals surface area contributed by atoms with E-state index < -0.39 is 14.9 Å². The fourth-order valence-corrected chi connectivity index (χ4v) is 1.96.